The minimum Gasteiger partial charge on any atom is -0.490 e. The topological polar surface area (TPSA) is 58.6 Å². The summed E-state index contributed by atoms with van der Waals surface area (Å²) in [5.41, 5.74) is 2.87. The van der Waals surface area contributed by atoms with E-state index < -0.39 is 6.10 Å². The normalized spacial score (nSPS) is 13.3. The van der Waals surface area contributed by atoms with Crippen LogP contribution in [0.1, 0.15) is 54.7 Å². The Morgan fingerprint density at radius 3 is 2.18 bits per heavy atom. The highest BCUT2D eigenvalue weighted by Crippen LogP contribution is 2.32. The number of hydrogen-bond acceptors (Lipinski definition) is 4. The van der Waals surface area contributed by atoms with Gasteiger partial charge >= 0.3 is 0 Å². The largest absolute Gasteiger partial charge is 0.490 e. The van der Waals surface area contributed by atoms with E-state index in [1.807, 2.05) is 60.7 Å². The summed E-state index contributed by atoms with van der Waals surface area (Å²) in [4.78, 5) is 12.8. The maximum absolute atomic E-state index is 12.8. The van der Waals surface area contributed by atoms with Crippen LogP contribution < -0.4 is 10.1 Å². The van der Waals surface area contributed by atoms with Crippen LogP contribution in [0.4, 0.5) is 0 Å². The van der Waals surface area contributed by atoms with Crippen molar-refractivity contribution in [2.45, 2.75) is 45.8 Å². The average molecular weight is 446 g/mol. The van der Waals surface area contributed by atoms with E-state index in [-0.39, 0.29) is 23.8 Å². The number of aryl methyl sites for hydroxylation is 1. The molecule has 0 aliphatic heterocycles. The van der Waals surface area contributed by atoms with E-state index >= 15 is 0 Å². The summed E-state index contributed by atoms with van der Waals surface area (Å²) >= 11 is 0. The maximum atomic E-state index is 12.8. The van der Waals surface area contributed by atoms with Gasteiger partial charge in [0.05, 0.1) is 5.56 Å². The molecule has 0 radical (unpaired) electrons. The minimum atomic E-state index is -0.703. The molecule has 0 heterocycles. The first kappa shape index (κ1) is 24.7. The third-order valence-electron chi connectivity index (χ3n) is 5.66. The molecule has 174 valence electrons. The highest BCUT2D eigenvalue weighted by molar-refractivity contribution is 5.98. The van der Waals surface area contributed by atoms with Gasteiger partial charge in [-0.2, -0.15) is 0 Å². The first-order chi connectivity index (χ1) is 15.8. The second kappa shape index (κ2) is 11.8. The number of ketones is 1. The van der Waals surface area contributed by atoms with Crippen LogP contribution in [0.15, 0.2) is 84.9 Å². The zero-order valence-corrected chi connectivity index (χ0v) is 19.8. The van der Waals surface area contributed by atoms with Crippen LogP contribution in [-0.4, -0.2) is 30.1 Å². The van der Waals surface area contributed by atoms with Crippen LogP contribution in [0.5, 0.6) is 5.75 Å². The number of ether oxygens (including phenoxy) is 1. The number of hydrogen-bond donors (Lipinski definition) is 2. The van der Waals surface area contributed by atoms with Gasteiger partial charge in [-0.25, -0.2) is 0 Å². The molecule has 3 aromatic rings. The van der Waals surface area contributed by atoms with Gasteiger partial charge in [0.2, 0.25) is 0 Å². The van der Waals surface area contributed by atoms with Crippen LogP contribution in [0, 0.1) is 5.41 Å². The molecule has 4 nitrogen and oxygen atoms in total. The van der Waals surface area contributed by atoms with E-state index in [1.165, 1.54) is 5.56 Å². The van der Waals surface area contributed by atoms with Crippen molar-refractivity contribution in [1.82, 2.24) is 5.32 Å². The van der Waals surface area contributed by atoms with E-state index in [2.05, 4.69) is 38.2 Å². The lowest BCUT2D eigenvalue weighted by Gasteiger charge is -2.33. The summed E-state index contributed by atoms with van der Waals surface area (Å²) in [5, 5.41) is 14.1. The summed E-state index contributed by atoms with van der Waals surface area (Å²) < 4.78 is 5.88. The van der Waals surface area contributed by atoms with Crippen LogP contribution in [0.2, 0.25) is 0 Å². The number of para-hydroxylation sites is 1. The van der Waals surface area contributed by atoms with E-state index in [1.54, 1.807) is 12.1 Å². The Balaban J connectivity index is 1.55. The van der Waals surface area contributed by atoms with Crippen molar-refractivity contribution in [3.05, 3.63) is 102 Å². The molecule has 0 unspecified atom stereocenters. The quantitative estimate of drug-likeness (QED) is 0.376. The molecular weight excluding hydrogens is 410 g/mol. The molecule has 3 rings (SSSR count). The first-order valence-corrected chi connectivity index (χ1v) is 11.6. The van der Waals surface area contributed by atoms with Crippen molar-refractivity contribution in [1.29, 1.82) is 0 Å². The molecule has 0 aliphatic carbocycles. The summed E-state index contributed by atoms with van der Waals surface area (Å²) in [6.45, 7) is 7.04. The van der Waals surface area contributed by atoms with Crippen LogP contribution in [0.25, 0.3) is 0 Å². The van der Waals surface area contributed by atoms with E-state index in [4.69, 9.17) is 4.74 Å². The molecule has 0 fully saturated rings. The second-order valence-corrected chi connectivity index (χ2v) is 9.49. The molecular formula is C29H35NO3. The minimum absolute atomic E-state index is 0.0142. The number of aliphatic hydroxyl groups excluding tert-OH is 1. The second-order valence-electron chi connectivity index (χ2n) is 9.49. The fourth-order valence-corrected chi connectivity index (χ4v) is 3.93. The number of aliphatic hydroxyl groups is 1. The summed E-state index contributed by atoms with van der Waals surface area (Å²) in [6.07, 6.45) is 0.401. The molecule has 0 bridgehead atoms. The van der Waals surface area contributed by atoms with E-state index in [0.717, 1.165) is 5.56 Å². The van der Waals surface area contributed by atoms with E-state index in [0.29, 0.717) is 30.7 Å². The van der Waals surface area contributed by atoms with Crippen molar-refractivity contribution in [3.8, 4) is 5.75 Å². The molecule has 33 heavy (non-hydrogen) atoms. The summed E-state index contributed by atoms with van der Waals surface area (Å²) in [6, 6.07) is 27.6. The predicted molar refractivity (Wildman–Crippen MR) is 134 cm³/mol. The summed E-state index contributed by atoms with van der Waals surface area (Å²) in [7, 11) is 0. The van der Waals surface area contributed by atoms with Crippen LogP contribution >= 0.6 is 0 Å². The van der Waals surface area contributed by atoms with Gasteiger partial charge in [0.25, 0.3) is 0 Å². The van der Waals surface area contributed by atoms with Gasteiger partial charge < -0.3 is 15.2 Å². The van der Waals surface area contributed by atoms with Crippen molar-refractivity contribution in [3.63, 3.8) is 0 Å². The highest BCUT2D eigenvalue weighted by atomic mass is 16.5. The van der Waals surface area contributed by atoms with Crippen molar-refractivity contribution in [2.24, 2.45) is 5.41 Å². The van der Waals surface area contributed by atoms with Crippen molar-refractivity contribution >= 4 is 5.78 Å². The van der Waals surface area contributed by atoms with Gasteiger partial charge in [-0.3, -0.25) is 4.79 Å². The number of carbonyl (C=O) groups is 1. The Morgan fingerprint density at radius 1 is 0.909 bits per heavy atom. The molecule has 3 aromatic carbocycles. The molecule has 4 heteroatoms. The number of nitrogens with one attached hydrogen (secondary N) is 1. The molecule has 0 aromatic heterocycles. The molecule has 2 N–H and O–H groups in total. The van der Waals surface area contributed by atoms with E-state index in [9.17, 15) is 9.90 Å². The zero-order valence-electron chi connectivity index (χ0n) is 19.8. The standard InChI is InChI=1S/C29H35NO3/c1-29(2,3)28(23-14-8-5-9-15-23)30-20-24(31)21-33-27-17-11-10-16-25(27)26(32)19-18-22-12-6-4-7-13-22/h4-17,24,28,30-31H,18-21H2,1-3H3/t24-,28+/m1/s1. The first-order valence-electron chi connectivity index (χ1n) is 11.6. The lowest BCUT2D eigenvalue weighted by Crippen LogP contribution is -2.39. The van der Waals surface area contributed by atoms with Gasteiger partial charge in [0, 0.05) is 19.0 Å². The van der Waals surface area contributed by atoms with Crippen LogP contribution in [-0.2, 0) is 6.42 Å². The Labute approximate surface area is 197 Å². The maximum Gasteiger partial charge on any atom is 0.166 e. The number of carbonyl (C=O) groups excluding carboxylic acids is 1. The van der Waals surface area contributed by atoms with Gasteiger partial charge in [-0.1, -0.05) is 93.6 Å². The smallest absolute Gasteiger partial charge is 0.166 e. The Morgan fingerprint density at radius 2 is 1.52 bits per heavy atom. The van der Waals surface area contributed by atoms with Crippen molar-refractivity contribution < 1.29 is 14.6 Å². The third kappa shape index (κ3) is 7.55. The van der Waals surface area contributed by atoms with Crippen molar-refractivity contribution in [2.75, 3.05) is 13.2 Å². The fourth-order valence-electron chi connectivity index (χ4n) is 3.93. The Hall–Kier alpha value is -2.95. The highest BCUT2D eigenvalue weighted by Gasteiger charge is 2.26. The summed E-state index contributed by atoms with van der Waals surface area (Å²) in [5.74, 6) is 0.559. The number of rotatable bonds is 11. The molecule has 0 aliphatic rings. The zero-order chi connectivity index (χ0) is 23.7. The number of Topliss-reactive ketones (excluding diaryl/α,β-unsaturated/α-hetero) is 1. The predicted octanol–water partition coefficient (Wildman–Crippen LogP) is 5.62. The average Bonchev–Trinajstić information content (AvgIpc) is 2.82. The van der Waals surface area contributed by atoms with Crippen LogP contribution in [0.3, 0.4) is 0 Å². The number of benzene rings is 3. The third-order valence-corrected chi connectivity index (χ3v) is 5.66. The van der Waals surface area contributed by atoms with Gasteiger partial charge in [0.1, 0.15) is 18.5 Å². The van der Waals surface area contributed by atoms with Gasteiger partial charge in [-0.05, 0) is 35.1 Å². The molecule has 0 saturated carbocycles. The Bertz CT molecular complexity index is 996. The molecule has 0 spiro atoms. The SMILES string of the molecule is CC(C)(C)[C@@H](NC[C@@H](O)COc1ccccc1C(=O)CCc1ccccc1)c1ccccc1. The Kier molecular flexibility index (Phi) is 8.81. The lowest BCUT2D eigenvalue weighted by atomic mass is 9.82. The molecule has 0 amide bonds. The molecule has 0 saturated heterocycles. The monoisotopic (exact) mass is 445 g/mol. The molecule has 2 atom stereocenters. The van der Waals surface area contributed by atoms with Gasteiger partial charge in [-0.15, -0.1) is 0 Å². The lowest BCUT2D eigenvalue weighted by molar-refractivity contribution is 0.0919. The van der Waals surface area contributed by atoms with Gasteiger partial charge in [0.15, 0.2) is 5.78 Å². The fraction of sp³-hybridized carbons (Fsp3) is 0.345.